The van der Waals surface area contributed by atoms with Crippen molar-refractivity contribution in [3.8, 4) is 5.75 Å². The summed E-state index contributed by atoms with van der Waals surface area (Å²) in [6.07, 6.45) is 0. The molecular formula is C10H14ClNO3S. The Bertz CT molecular complexity index is 428. The van der Waals surface area contributed by atoms with Crippen LogP contribution in [0.3, 0.4) is 0 Å². The van der Waals surface area contributed by atoms with Crippen LogP contribution in [0, 0.1) is 5.92 Å². The number of anilines is 1. The van der Waals surface area contributed by atoms with Gasteiger partial charge in [0.05, 0.1) is 6.61 Å². The van der Waals surface area contributed by atoms with Crippen molar-refractivity contribution >= 4 is 25.6 Å². The van der Waals surface area contributed by atoms with Crippen LogP contribution in [0.25, 0.3) is 0 Å². The lowest BCUT2D eigenvalue weighted by molar-refractivity contribution is 0.271. The minimum atomic E-state index is -3.73. The maximum absolute atomic E-state index is 10.7. The normalized spacial score (nSPS) is 11.5. The molecule has 1 N–H and O–H groups in total. The molecule has 16 heavy (non-hydrogen) atoms. The highest BCUT2D eigenvalue weighted by atomic mass is 35.7. The maximum Gasteiger partial charge on any atom is 0.319 e. The lowest BCUT2D eigenvalue weighted by Gasteiger charge is -2.09. The van der Waals surface area contributed by atoms with E-state index in [9.17, 15) is 8.42 Å². The average molecular weight is 264 g/mol. The summed E-state index contributed by atoms with van der Waals surface area (Å²) < 4.78 is 29.0. The third-order valence-electron chi connectivity index (χ3n) is 1.68. The van der Waals surface area contributed by atoms with Crippen LogP contribution in [-0.2, 0) is 9.24 Å². The maximum atomic E-state index is 10.7. The number of hydrogen-bond acceptors (Lipinski definition) is 3. The van der Waals surface area contributed by atoms with Gasteiger partial charge in [-0.15, -0.1) is 0 Å². The Morgan fingerprint density at radius 3 is 2.31 bits per heavy atom. The van der Waals surface area contributed by atoms with Gasteiger partial charge in [0.25, 0.3) is 0 Å². The zero-order valence-corrected chi connectivity index (χ0v) is 10.7. The molecule has 90 valence electrons. The molecule has 0 saturated heterocycles. The SMILES string of the molecule is CC(C)COc1ccc(NS(=O)(=O)Cl)cc1. The van der Waals surface area contributed by atoms with Crippen molar-refractivity contribution in [2.45, 2.75) is 13.8 Å². The largest absolute Gasteiger partial charge is 0.493 e. The van der Waals surface area contributed by atoms with Crippen molar-refractivity contribution < 1.29 is 13.2 Å². The van der Waals surface area contributed by atoms with E-state index in [0.717, 1.165) is 0 Å². The van der Waals surface area contributed by atoms with Gasteiger partial charge in [0.15, 0.2) is 0 Å². The summed E-state index contributed by atoms with van der Waals surface area (Å²) in [5.74, 6) is 1.15. The van der Waals surface area contributed by atoms with Gasteiger partial charge >= 0.3 is 9.24 Å². The highest BCUT2D eigenvalue weighted by molar-refractivity contribution is 8.14. The van der Waals surface area contributed by atoms with Gasteiger partial charge in [-0.25, -0.2) is 0 Å². The van der Waals surface area contributed by atoms with E-state index in [1.54, 1.807) is 24.3 Å². The first-order valence-electron chi connectivity index (χ1n) is 4.82. The second-order valence-electron chi connectivity index (χ2n) is 3.77. The summed E-state index contributed by atoms with van der Waals surface area (Å²) in [6, 6.07) is 6.56. The third kappa shape index (κ3) is 5.23. The van der Waals surface area contributed by atoms with Crippen LogP contribution in [0.15, 0.2) is 24.3 Å². The van der Waals surface area contributed by atoms with Crippen molar-refractivity contribution in [3.63, 3.8) is 0 Å². The number of benzene rings is 1. The second-order valence-corrected chi connectivity index (χ2v) is 6.07. The fraction of sp³-hybridized carbons (Fsp3) is 0.400. The Labute approximate surface area is 100 Å². The fourth-order valence-corrected chi connectivity index (χ4v) is 1.71. The summed E-state index contributed by atoms with van der Waals surface area (Å²) >= 11 is 0. The predicted molar refractivity (Wildman–Crippen MR) is 65.2 cm³/mol. The molecule has 0 spiro atoms. The van der Waals surface area contributed by atoms with Crippen LogP contribution in [0.2, 0.25) is 0 Å². The second kappa shape index (κ2) is 5.41. The van der Waals surface area contributed by atoms with E-state index >= 15 is 0 Å². The fourth-order valence-electron chi connectivity index (χ4n) is 1.02. The molecule has 4 nitrogen and oxygen atoms in total. The van der Waals surface area contributed by atoms with Gasteiger partial charge in [-0.2, -0.15) is 8.42 Å². The highest BCUT2D eigenvalue weighted by Crippen LogP contribution is 2.17. The Morgan fingerprint density at radius 1 is 1.31 bits per heavy atom. The van der Waals surface area contributed by atoms with E-state index in [2.05, 4.69) is 18.6 Å². The molecule has 0 amide bonds. The topological polar surface area (TPSA) is 55.4 Å². The number of halogens is 1. The molecule has 1 aromatic carbocycles. The standard InChI is InChI=1S/C10H14ClNO3S/c1-8(2)7-15-10-5-3-9(4-6-10)12-16(11,13)14/h3-6,8,12H,7H2,1-2H3. The Morgan fingerprint density at radius 2 is 1.88 bits per heavy atom. The van der Waals surface area contributed by atoms with E-state index < -0.39 is 9.24 Å². The van der Waals surface area contributed by atoms with Gasteiger partial charge in [0.1, 0.15) is 5.75 Å². The molecule has 0 radical (unpaired) electrons. The van der Waals surface area contributed by atoms with Crippen LogP contribution >= 0.6 is 10.7 Å². The Hall–Kier alpha value is -0.940. The first kappa shape index (κ1) is 13.1. The van der Waals surface area contributed by atoms with Crippen LogP contribution < -0.4 is 9.46 Å². The van der Waals surface area contributed by atoms with E-state index in [0.29, 0.717) is 24.0 Å². The monoisotopic (exact) mass is 263 g/mol. The summed E-state index contributed by atoms with van der Waals surface area (Å²) in [5.41, 5.74) is 0.409. The van der Waals surface area contributed by atoms with Crippen LogP contribution in [0.1, 0.15) is 13.8 Å². The van der Waals surface area contributed by atoms with Gasteiger partial charge in [-0.1, -0.05) is 13.8 Å². The summed E-state index contributed by atoms with van der Waals surface area (Å²) in [7, 11) is 1.31. The zero-order chi connectivity index (χ0) is 12.2. The Balaban J connectivity index is 2.61. The van der Waals surface area contributed by atoms with Gasteiger partial charge < -0.3 is 4.74 Å². The molecule has 0 aliphatic heterocycles. The molecule has 1 aromatic rings. The van der Waals surface area contributed by atoms with Crippen LogP contribution in [-0.4, -0.2) is 15.0 Å². The Kier molecular flexibility index (Phi) is 4.44. The van der Waals surface area contributed by atoms with Gasteiger partial charge in [-0.05, 0) is 30.2 Å². The lowest BCUT2D eigenvalue weighted by atomic mass is 10.2. The molecule has 0 fully saturated rings. The first-order valence-corrected chi connectivity index (χ1v) is 7.13. The van der Waals surface area contributed by atoms with Crippen molar-refractivity contribution in [1.29, 1.82) is 0 Å². The van der Waals surface area contributed by atoms with Gasteiger partial charge in [-0.3, -0.25) is 4.72 Å². The lowest BCUT2D eigenvalue weighted by Crippen LogP contribution is -2.05. The van der Waals surface area contributed by atoms with Gasteiger partial charge in [0, 0.05) is 16.4 Å². The molecule has 0 saturated carbocycles. The molecule has 0 bridgehead atoms. The van der Waals surface area contributed by atoms with E-state index in [1.165, 1.54) is 0 Å². The average Bonchev–Trinajstić information content (AvgIpc) is 2.14. The molecule has 1 rings (SSSR count). The van der Waals surface area contributed by atoms with E-state index in [4.69, 9.17) is 15.4 Å². The van der Waals surface area contributed by atoms with E-state index in [-0.39, 0.29) is 0 Å². The minimum absolute atomic E-state index is 0.409. The van der Waals surface area contributed by atoms with Crippen molar-refractivity contribution in [2.75, 3.05) is 11.3 Å². The van der Waals surface area contributed by atoms with Crippen LogP contribution in [0.4, 0.5) is 5.69 Å². The highest BCUT2D eigenvalue weighted by Gasteiger charge is 2.04. The van der Waals surface area contributed by atoms with Gasteiger partial charge in [0.2, 0.25) is 0 Å². The molecule has 0 aliphatic rings. The molecule has 0 unspecified atom stereocenters. The summed E-state index contributed by atoms with van der Waals surface area (Å²) in [6.45, 7) is 4.73. The zero-order valence-electron chi connectivity index (χ0n) is 9.10. The van der Waals surface area contributed by atoms with Crippen molar-refractivity contribution in [3.05, 3.63) is 24.3 Å². The van der Waals surface area contributed by atoms with Crippen molar-refractivity contribution in [2.24, 2.45) is 5.92 Å². The number of rotatable bonds is 5. The predicted octanol–water partition coefficient (Wildman–Crippen LogP) is 2.62. The molecule has 0 atom stereocenters. The first-order chi connectivity index (χ1) is 7.37. The summed E-state index contributed by atoms with van der Waals surface area (Å²) in [5, 5.41) is 0. The molecule has 0 aliphatic carbocycles. The number of ether oxygens (including phenoxy) is 1. The smallest absolute Gasteiger partial charge is 0.319 e. The quantitative estimate of drug-likeness (QED) is 0.831. The summed E-state index contributed by atoms with van der Waals surface area (Å²) in [4.78, 5) is 0. The van der Waals surface area contributed by atoms with Crippen LogP contribution in [0.5, 0.6) is 5.75 Å². The molecule has 6 heteroatoms. The van der Waals surface area contributed by atoms with E-state index in [1.807, 2.05) is 0 Å². The number of hydrogen-bond donors (Lipinski definition) is 1. The molecular weight excluding hydrogens is 250 g/mol. The minimum Gasteiger partial charge on any atom is -0.493 e. The third-order valence-corrected chi connectivity index (χ3v) is 2.39. The molecule has 0 aromatic heterocycles. The van der Waals surface area contributed by atoms with Crippen molar-refractivity contribution in [1.82, 2.24) is 0 Å². The molecule has 0 heterocycles. The number of nitrogens with one attached hydrogen (secondary N) is 1.